The molecule has 4 rings (SSSR count). The number of nitrogens with one attached hydrogen (secondary N) is 2. The molecule has 0 saturated carbocycles. The summed E-state index contributed by atoms with van der Waals surface area (Å²) in [5, 5.41) is 8.17. The van der Waals surface area contributed by atoms with Gasteiger partial charge in [0.2, 0.25) is 0 Å². The van der Waals surface area contributed by atoms with Gasteiger partial charge in [-0.15, -0.1) is 35.3 Å². The van der Waals surface area contributed by atoms with Crippen molar-refractivity contribution >= 4 is 41.3 Å². The van der Waals surface area contributed by atoms with Crippen molar-refractivity contribution in [1.82, 2.24) is 20.5 Å². The van der Waals surface area contributed by atoms with Gasteiger partial charge in [0, 0.05) is 43.2 Å². The number of hydrogen-bond donors (Lipinski definition) is 2. The third-order valence-corrected chi connectivity index (χ3v) is 6.94. The zero-order chi connectivity index (χ0) is 21.5. The van der Waals surface area contributed by atoms with Crippen molar-refractivity contribution in [3.63, 3.8) is 0 Å². The van der Waals surface area contributed by atoms with E-state index in [0.29, 0.717) is 6.04 Å². The van der Waals surface area contributed by atoms with Gasteiger partial charge in [0.15, 0.2) is 5.96 Å². The molecule has 0 atom stereocenters. The van der Waals surface area contributed by atoms with E-state index >= 15 is 0 Å². The average molecular weight is 562 g/mol. The number of aliphatic imine (C=N–C) groups is 1. The highest BCUT2D eigenvalue weighted by Gasteiger charge is 2.20. The molecule has 2 heterocycles. The molecule has 1 saturated heterocycles. The van der Waals surface area contributed by atoms with Crippen LogP contribution in [0.3, 0.4) is 0 Å². The van der Waals surface area contributed by atoms with Crippen molar-refractivity contribution in [2.75, 3.05) is 20.1 Å². The lowest BCUT2D eigenvalue weighted by molar-refractivity contribution is 0.198. The number of thiazole rings is 1. The van der Waals surface area contributed by atoms with Gasteiger partial charge in [-0.25, -0.2) is 4.98 Å². The molecule has 32 heavy (non-hydrogen) atoms. The predicted molar refractivity (Wildman–Crippen MR) is 146 cm³/mol. The van der Waals surface area contributed by atoms with Crippen molar-refractivity contribution in [3.05, 3.63) is 76.8 Å². The predicted octanol–water partition coefficient (Wildman–Crippen LogP) is 5.07. The van der Waals surface area contributed by atoms with Crippen LogP contribution in [-0.2, 0) is 13.1 Å². The Hall–Kier alpha value is -1.97. The fourth-order valence-corrected chi connectivity index (χ4v) is 4.93. The number of piperidine rings is 1. The first-order valence-electron chi connectivity index (χ1n) is 11.0. The first-order chi connectivity index (χ1) is 15.2. The van der Waals surface area contributed by atoms with Gasteiger partial charge in [-0.2, -0.15) is 0 Å². The van der Waals surface area contributed by atoms with Crippen molar-refractivity contribution in [1.29, 1.82) is 0 Å². The highest BCUT2D eigenvalue weighted by atomic mass is 127. The second kappa shape index (κ2) is 12.3. The second-order valence-electron chi connectivity index (χ2n) is 8.00. The van der Waals surface area contributed by atoms with E-state index in [1.807, 2.05) is 13.1 Å². The van der Waals surface area contributed by atoms with Gasteiger partial charge in [0.05, 0.1) is 12.2 Å². The SMILES string of the molecule is CN=C(NCc1sc(-c2ccccc2)nc1C)NC1CCN(Cc2ccccc2)CC1.I. The number of guanidine groups is 1. The molecule has 5 nitrogen and oxygen atoms in total. The minimum absolute atomic E-state index is 0. The van der Waals surface area contributed by atoms with Crippen LogP contribution in [0, 0.1) is 6.92 Å². The zero-order valence-electron chi connectivity index (χ0n) is 18.8. The van der Waals surface area contributed by atoms with E-state index in [1.165, 1.54) is 16.0 Å². The molecule has 1 aromatic heterocycles. The van der Waals surface area contributed by atoms with Crippen LogP contribution in [0.1, 0.15) is 29.0 Å². The summed E-state index contributed by atoms with van der Waals surface area (Å²) in [6.07, 6.45) is 2.26. The van der Waals surface area contributed by atoms with Crippen LogP contribution in [0.5, 0.6) is 0 Å². The van der Waals surface area contributed by atoms with Crippen LogP contribution in [0.25, 0.3) is 10.6 Å². The van der Waals surface area contributed by atoms with Crippen molar-refractivity contribution < 1.29 is 0 Å². The molecule has 1 aliphatic rings. The number of nitrogens with zero attached hydrogens (tertiary/aromatic N) is 3. The molecule has 0 unspecified atom stereocenters. The van der Waals surface area contributed by atoms with Crippen LogP contribution in [0.15, 0.2) is 65.7 Å². The third-order valence-electron chi connectivity index (χ3n) is 5.73. The first-order valence-corrected chi connectivity index (χ1v) is 11.8. The lowest BCUT2D eigenvalue weighted by atomic mass is 10.0. The van der Waals surface area contributed by atoms with Crippen molar-refractivity contribution in [2.24, 2.45) is 4.99 Å². The van der Waals surface area contributed by atoms with Crippen LogP contribution < -0.4 is 10.6 Å². The van der Waals surface area contributed by atoms with Gasteiger partial charge < -0.3 is 10.6 Å². The van der Waals surface area contributed by atoms with Crippen LogP contribution >= 0.6 is 35.3 Å². The molecule has 1 aliphatic heterocycles. The normalized spacial score (nSPS) is 15.2. The molecule has 0 amide bonds. The minimum Gasteiger partial charge on any atom is -0.354 e. The van der Waals surface area contributed by atoms with E-state index in [4.69, 9.17) is 4.98 Å². The number of halogens is 1. The molecular weight excluding hydrogens is 529 g/mol. The number of hydrogen-bond acceptors (Lipinski definition) is 4. The molecule has 0 aliphatic carbocycles. The molecular formula is C25H32IN5S. The highest BCUT2D eigenvalue weighted by Crippen LogP contribution is 2.27. The van der Waals surface area contributed by atoms with E-state index in [2.05, 4.69) is 82.0 Å². The van der Waals surface area contributed by atoms with Gasteiger partial charge in [-0.05, 0) is 25.3 Å². The summed E-state index contributed by atoms with van der Waals surface area (Å²) in [5.41, 5.74) is 3.65. The van der Waals surface area contributed by atoms with Crippen LogP contribution in [-0.4, -0.2) is 42.0 Å². The molecule has 2 aromatic carbocycles. The Bertz CT molecular complexity index is 982. The monoisotopic (exact) mass is 561 g/mol. The van der Waals surface area contributed by atoms with E-state index in [1.54, 1.807) is 11.3 Å². The van der Waals surface area contributed by atoms with Gasteiger partial charge in [-0.3, -0.25) is 9.89 Å². The Labute approximate surface area is 212 Å². The molecule has 0 bridgehead atoms. The molecule has 2 N–H and O–H groups in total. The average Bonchev–Trinajstić information content (AvgIpc) is 3.19. The molecule has 0 spiro atoms. The van der Waals surface area contributed by atoms with Crippen LogP contribution in [0.2, 0.25) is 0 Å². The summed E-state index contributed by atoms with van der Waals surface area (Å²) in [6.45, 7) is 6.08. The quantitative estimate of drug-likeness (QED) is 0.251. The second-order valence-corrected chi connectivity index (χ2v) is 9.08. The van der Waals surface area contributed by atoms with Gasteiger partial charge in [-0.1, -0.05) is 60.7 Å². The highest BCUT2D eigenvalue weighted by molar-refractivity contribution is 14.0. The molecule has 170 valence electrons. The molecule has 3 aromatic rings. The Morgan fingerprint density at radius 3 is 2.38 bits per heavy atom. The zero-order valence-corrected chi connectivity index (χ0v) is 21.9. The Balaban J connectivity index is 0.00000289. The summed E-state index contributed by atoms with van der Waals surface area (Å²) in [4.78, 5) is 13.0. The van der Waals surface area contributed by atoms with Crippen molar-refractivity contribution in [2.45, 2.75) is 38.9 Å². The maximum Gasteiger partial charge on any atom is 0.191 e. The minimum atomic E-state index is 0. The van der Waals surface area contributed by atoms with Gasteiger partial charge >= 0.3 is 0 Å². The van der Waals surface area contributed by atoms with E-state index in [0.717, 1.165) is 55.7 Å². The molecule has 1 fully saturated rings. The third kappa shape index (κ3) is 6.76. The summed E-state index contributed by atoms with van der Waals surface area (Å²) < 4.78 is 0. The fourth-order valence-electron chi connectivity index (χ4n) is 3.93. The Kier molecular flexibility index (Phi) is 9.50. The maximum atomic E-state index is 4.76. The standard InChI is InChI=1S/C25H31N5S.HI/c1-19-23(31-24(28-19)21-11-7-4-8-12-21)17-27-25(26-2)29-22-13-15-30(16-14-22)18-20-9-5-3-6-10-20;/h3-12,22H,13-18H2,1-2H3,(H2,26,27,29);1H. The summed E-state index contributed by atoms with van der Waals surface area (Å²) in [5.74, 6) is 0.871. The van der Waals surface area contributed by atoms with Crippen LogP contribution in [0.4, 0.5) is 0 Å². The number of rotatable bonds is 6. The Morgan fingerprint density at radius 2 is 1.72 bits per heavy atom. The fraction of sp³-hybridized carbons (Fsp3) is 0.360. The van der Waals surface area contributed by atoms with E-state index in [9.17, 15) is 0 Å². The number of likely N-dealkylation sites (tertiary alicyclic amines) is 1. The first kappa shape index (κ1) is 24.7. The number of aromatic nitrogens is 1. The molecule has 0 radical (unpaired) electrons. The van der Waals surface area contributed by atoms with Crippen molar-refractivity contribution in [3.8, 4) is 10.6 Å². The largest absolute Gasteiger partial charge is 0.354 e. The van der Waals surface area contributed by atoms with E-state index < -0.39 is 0 Å². The topological polar surface area (TPSA) is 52.6 Å². The summed E-state index contributed by atoms with van der Waals surface area (Å²) in [7, 11) is 1.84. The molecule has 7 heteroatoms. The number of aryl methyl sites for hydroxylation is 1. The lowest BCUT2D eigenvalue weighted by Gasteiger charge is -2.33. The van der Waals surface area contributed by atoms with Gasteiger partial charge in [0.25, 0.3) is 0 Å². The maximum absolute atomic E-state index is 4.76. The Morgan fingerprint density at radius 1 is 1.06 bits per heavy atom. The summed E-state index contributed by atoms with van der Waals surface area (Å²) >= 11 is 1.75. The summed E-state index contributed by atoms with van der Waals surface area (Å²) in [6, 6.07) is 21.6. The van der Waals surface area contributed by atoms with E-state index in [-0.39, 0.29) is 24.0 Å². The lowest BCUT2D eigenvalue weighted by Crippen LogP contribution is -2.48. The number of benzene rings is 2. The van der Waals surface area contributed by atoms with Gasteiger partial charge in [0.1, 0.15) is 5.01 Å². The smallest absolute Gasteiger partial charge is 0.191 e.